The molecule has 1 unspecified atom stereocenters. The standard InChI is InChI=1S/C14H18N2O3/c17-14(13-8-4-5-9-15-13)12(10-16(18)19)11-6-2-1-3-7-11/h4-5,8-9,11-12H,1-3,6-7,10H2. The molecule has 1 aliphatic carbocycles. The topological polar surface area (TPSA) is 73.1 Å². The van der Waals surface area contributed by atoms with Crippen molar-refractivity contribution >= 4 is 5.78 Å². The van der Waals surface area contributed by atoms with Crippen LogP contribution in [0.15, 0.2) is 24.4 Å². The Hall–Kier alpha value is -1.78. The van der Waals surface area contributed by atoms with Gasteiger partial charge < -0.3 is 0 Å². The summed E-state index contributed by atoms with van der Waals surface area (Å²) in [5.74, 6) is -0.567. The summed E-state index contributed by atoms with van der Waals surface area (Å²) < 4.78 is 0. The summed E-state index contributed by atoms with van der Waals surface area (Å²) in [6.45, 7) is -0.278. The zero-order valence-electron chi connectivity index (χ0n) is 10.8. The minimum Gasteiger partial charge on any atom is -0.292 e. The molecule has 1 aromatic heterocycles. The third-order valence-electron chi connectivity index (χ3n) is 3.82. The van der Waals surface area contributed by atoms with E-state index in [1.165, 1.54) is 6.42 Å². The van der Waals surface area contributed by atoms with E-state index in [1.807, 2.05) is 0 Å². The van der Waals surface area contributed by atoms with Gasteiger partial charge in [0.2, 0.25) is 6.54 Å². The van der Waals surface area contributed by atoms with Crippen molar-refractivity contribution in [1.82, 2.24) is 4.98 Å². The highest BCUT2D eigenvalue weighted by Crippen LogP contribution is 2.31. The van der Waals surface area contributed by atoms with Crippen molar-refractivity contribution in [3.05, 3.63) is 40.2 Å². The van der Waals surface area contributed by atoms with E-state index in [-0.39, 0.29) is 23.2 Å². The number of nitrogens with zero attached hydrogens (tertiary/aromatic N) is 2. The van der Waals surface area contributed by atoms with Crippen LogP contribution in [0.5, 0.6) is 0 Å². The van der Waals surface area contributed by atoms with E-state index in [1.54, 1.807) is 24.4 Å². The van der Waals surface area contributed by atoms with Crippen LogP contribution in [0.25, 0.3) is 0 Å². The van der Waals surface area contributed by atoms with Crippen molar-refractivity contribution in [3.63, 3.8) is 0 Å². The molecule has 1 aliphatic rings. The Balaban J connectivity index is 2.16. The van der Waals surface area contributed by atoms with Gasteiger partial charge in [0, 0.05) is 11.1 Å². The molecule has 1 atom stereocenters. The van der Waals surface area contributed by atoms with Gasteiger partial charge in [-0.2, -0.15) is 0 Å². The average Bonchev–Trinajstić information content (AvgIpc) is 2.46. The first kappa shape index (κ1) is 13.6. The smallest absolute Gasteiger partial charge is 0.214 e. The second kappa shape index (κ2) is 6.41. The van der Waals surface area contributed by atoms with E-state index in [9.17, 15) is 14.9 Å². The molecule has 2 rings (SSSR count). The number of carbonyl (C=O) groups excluding carboxylic acids is 1. The fourth-order valence-electron chi connectivity index (χ4n) is 2.84. The summed E-state index contributed by atoms with van der Waals surface area (Å²) >= 11 is 0. The Kier molecular flexibility index (Phi) is 4.60. The fraction of sp³-hybridized carbons (Fsp3) is 0.571. The maximum Gasteiger partial charge on any atom is 0.214 e. The minimum absolute atomic E-state index is 0.133. The summed E-state index contributed by atoms with van der Waals surface area (Å²) in [5.41, 5.74) is 0.347. The molecule has 0 bridgehead atoms. The number of pyridine rings is 1. The molecule has 0 saturated heterocycles. The van der Waals surface area contributed by atoms with E-state index in [2.05, 4.69) is 4.98 Å². The van der Waals surface area contributed by atoms with Crippen molar-refractivity contribution in [2.75, 3.05) is 6.54 Å². The van der Waals surface area contributed by atoms with Crippen LogP contribution in [0.3, 0.4) is 0 Å². The molecule has 0 aliphatic heterocycles. The Bertz CT molecular complexity index is 441. The van der Waals surface area contributed by atoms with Gasteiger partial charge in [-0.1, -0.05) is 25.3 Å². The van der Waals surface area contributed by atoms with E-state index in [0.717, 1.165) is 25.7 Å². The van der Waals surface area contributed by atoms with Crippen LogP contribution >= 0.6 is 0 Å². The van der Waals surface area contributed by atoms with Crippen molar-refractivity contribution in [3.8, 4) is 0 Å². The highest BCUT2D eigenvalue weighted by molar-refractivity contribution is 5.96. The van der Waals surface area contributed by atoms with Gasteiger partial charge in [0.05, 0.1) is 5.92 Å². The maximum absolute atomic E-state index is 12.4. The van der Waals surface area contributed by atoms with Crippen molar-refractivity contribution in [2.45, 2.75) is 32.1 Å². The van der Waals surface area contributed by atoms with E-state index in [0.29, 0.717) is 5.69 Å². The normalized spacial score (nSPS) is 17.9. The van der Waals surface area contributed by atoms with Crippen molar-refractivity contribution in [2.24, 2.45) is 11.8 Å². The maximum atomic E-state index is 12.4. The first-order valence-electron chi connectivity index (χ1n) is 6.75. The first-order valence-corrected chi connectivity index (χ1v) is 6.75. The summed E-state index contributed by atoms with van der Waals surface area (Å²) in [6, 6.07) is 5.11. The molecule has 5 nitrogen and oxygen atoms in total. The fourth-order valence-corrected chi connectivity index (χ4v) is 2.84. The van der Waals surface area contributed by atoms with Gasteiger partial charge in [-0.05, 0) is 30.9 Å². The Morgan fingerprint density at radius 2 is 2.11 bits per heavy atom. The van der Waals surface area contributed by atoms with Gasteiger partial charge in [0.15, 0.2) is 5.78 Å². The summed E-state index contributed by atoms with van der Waals surface area (Å²) in [5, 5.41) is 10.8. The molecule has 1 fully saturated rings. The van der Waals surface area contributed by atoms with Gasteiger partial charge in [-0.15, -0.1) is 0 Å². The summed E-state index contributed by atoms with van der Waals surface area (Å²) in [4.78, 5) is 26.9. The minimum atomic E-state index is -0.523. The molecule has 5 heteroatoms. The SMILES string of the molecule is O=C(c1ccccn1)C(C[N+](=O)[O-])C1CCCCC1. The average molecular weight is 262 g/mol. The third kappa shape index (κ3) is 3.59. The second-order valence-corrected chi connectivity index (χ2v) is 5.10. The lowest BCUT2D eigenvalue weighted by Gasteiger charge is -2.26. The number of nitro groups is 1. The molecule has 0 radical (unpaired) electrons. The molecule has 0 spiro atoms. The van der Waals surface area contributed by atoms with Gasteiger partial charge in [-0.25, -0.2) is 0 Å². The molecule has 0 amide bonds. The lowest BCUT2D eigenvalue weighted by molar-refractivity contribution is -0.487. The van der Waals surface area contributed by atoms with E-state index < -0.39 is 5.92 Å². The molecule has 19 heavy (non-hydrogen) atoms. The summed E-state index contributed by atoms with van der Waals surface area (Å²) in [6.07, 6.45) is 6.67. The van der Waals surface area contributed by atoms with E-state index >= 15 is 0 Å². The van der Waals surface area contributed by atoms with Crippen molar-refractivity contribution in [1.29, 1.82) is 0 Å². The zero-order chi connectivity index (χ0) is 13.7. The number of carbonyl (C=O) groups is 1. The number of hydrogen-bond acceptors (Lipinski definition) is 4. The Morgan fingerprint density at radius 3 is 2.68 bits per heavy atom. The van der Waals surface area contributed by atoms with Crippen LogP contribution in [-0.4, -0.2) is 22.2 Å². The van der Waals surface area contributed by atoms with Gasteiger partial charge in [0.25, 0.3) is 0 Å². The van der Waals surface area contributed by atoms with Crippen LogP contribution in [-0.2, 0) is 0 Å². The van der Waals surface area contributed by atoms with Crippen LogP contribution in [0, 0.1) is 22.0 Å². The third-order valence-corrected chi connectivity index (χ3v) is 3.82. The summed E-state index contributed by atoms with van der Waals surface area (Å²) in [7, 11) is 0. The number of rotatable bonds is 5. The van der Waals surface area contributed by atoms with Crippen molar-refractivity contribution < 1.29 is 9.72 Å². The molecular weight excluding hydrogens is 244 g/mol. The Labute approximate surface area is 112 Å². The monoisotopic (exact) mass is 262 g/mol. The van der Waals surface area contributed by atoms with Crippen LogP contribution < -0.4 is 0 Å². The predicted molar refractivity (Wildman–Crippen MR) is 70.5 cm³/mol. The van der Waals surface area contributed by atoms with Gasteiger partial charge in [-0.3, -0.25) is 19.9 Å². The number of hydrogen-bond donors (Lipinski definition) is 0. The number of aromatic nitrogens is 1. The van der Waals surface area contributed by atoms with Gasteiger partial charge >= 0.3 is 0 Å². The van der Waals surface area contributed by atoms with Crippen LogP contribution in [0.4, 0.5) is 0 Å². The lowest BCUT2D eigenvalue weighted by atomic mass is 9.77. The first-order chi connectivity index (χ1) is 9.18. The largest absolute Gasteiger partial charge is 0.292 e. The highest BCUT2D eigenvalue weighted by Gasteiger charge is 2.34. The molecule has 0 aromatic carbocycles. The van der Waals surface area contributed by atoms with Gasteiger partial charge in [0.1, 0.15) is 5.69 Å². The van der Waals surface area contributed by atoms with Crippen LogP contribution in [0.1, 0.15) is 42.6 Å². The lowest BCUT2D eigenvalue weighted by Crippen LogP contribution is -2.32. The molecule has 0 N–H and O–H groups in total. The zero-order valence-corrected chi connectivity index (χ0v) is 10.8. The highest BCUT2D eigenvalue weighted by atomic mass is 16.6. The van der Waals surface area contributed by atoms with E-state index in [4.69, 9.17) is 0 Å². The molecule has 1 aromatic rings. The number of Topliss-reactive ketones (excluding diaryl/α,β-unsaturated/α-hetero) is 1. The quantitative estimate of drug-likeness (QED) is 0.464. The molecular formula is C14H18N2O3. The molecule has 1 heterocycles. The Morgan fingerprint density at radius 1 is 1.37 bits per heavy atom. The molecule has 1 saturated carbocycles. The number of ketones is 1. The predicted octanol–water partition coefficient (Wildman–Crippen LogP) is 2.74. The van der Waals surface area contributed by atoms with Crippen LogP contribution in [0.2, 0.25) is 0 Å². The second-order valence-electron chi connectivity index (χ2n) is 5.10. The molecule has 102 valence electrons.